The van der Waals surface area contributed by atoms with Gasteiger partial charge in [0.15, 0.2) is 18.5 Å². The summed E-state index contributed by atoms with van der Waals surface area (Å²) in [5, 5.41) is 9.54. The van der Waals surface area contributed by atoms with Crippen LogP contribution in [0, 0.1) is 0 Å². The molecule has 0 aromatic carbocycles. The van der Waals surface area contributed by atoms with E-state index < -0.39 is 41.8 Å². The first-order valence-electron chi connectivity index (χ1n) is 5.98. The second kappa shape index (κ2) is 5.17. The molecule has 0 unspecified atom stereocenters. The van der Waals surface area contributed by atoms with Crippen LogP contribution >= 0.6 is 0 Å². The van der Waals surface area contributed by atoms with Crippen LogP contribution in [0.15, 0.2) is 15.8 Å². The van der Waals surface area contributed by atoms with Crippen molar-refractivity contribution in [1.29, 1.82) is 0 Å². The van der Waals surface area contributed by atoms with Crippen LogP contribution in [0.3, 0.4) is 0 Å². The average Bonchev–Trinajstić information content (AvgIpc) is 2.67. The highest BCUT2D eigenvalue weighted by molar-refractivity contribution is 5.80. The molecule has 1 fully saturated rings. The van der Waals surface area contributed by atoms with Gasteiger partial charge in [0.1, 0.15) is 6.10 Å². The summed E-state index contributed by atoms with van der Waals surface area (Å²) < 4.78 is 19.8. The van der Waals surface area contributed by atoms with E-state index in [1.165, 1.54) is 0 Å². The van der Waals surface area contributed by atoms with Gasteiger partial charge in [-0.3, -0.25) is 19.1 Å². The number of aromatic amines is 1. The summed E-state index contributed by atoms with van der Waals surface area (Å²) in [5.41, 5.74) is 3.75. The van der Waals surface area contributed by atoms with Crippen LogP contribution in [0.4, 0.5) is 4.39 Å². The van der Waals surface area contributed by atoms with Crippen molar-refractivity contribution in [3.63, 3.8) is 0 Å². The minimum atomic E-state index is -2.01. The first-order chi connectivity index (χ1) is 9.36. The Bertz CT molecular complexity index is 640. The van der Waals surface area contributed by atoms with Crippen molar-refractivity contribution in [2.75, 3.05) is 0 Å². The van der Waals surface area contributed by atoms with Crippen LogP contribution < -0.4 is 17.0 Å². The Hall–Kier alpha value is -2.00. The molecule has 20 heavy (non-hydrogen) atoms. The van der Waals surface area contributed by atoms with Gasteiger partial charge < -0.3 is 15.6 Å². The maximum atomic E-state index is 14.0. The zero-order valence-electron chi connectivity index (χ0n) is 10.6. The number of aromatic nitrogens is 2. The minimum Gasteiger partial charge on any atom is -0.387 e. The van der Waals surface area contributed by atoms with Crippen LogP contribution in [0.1, 0.15) is 18.7 Å². The topological polar surface area (TPSA) is 127 Å². The van der Waals surface area contributed by atoms with Gasteiger partial charge in [0, 0.05) is 11.8 Å². The molecule has 2 rings (SSSR count). The minimum absolute atomic E-state index is 0.248. The summed E-state index contributed by atoms with van der Waals surface area (Å²) in [6, 6.07) is 0. The van der Waals surface area contributed by atoms with Crippen molar-refractivity contribution < 1.29 is 19.0 Å². The Balaban J connectivity index is 2.45. The zero-order valence-corrected chi connectivity index (χ0v) is 10.6. The SMILES string of the molecule is CCc1cn([C@@H]2O[C@H](C(N)=O)[C@@H](O)[C@@H]2F)c(=O)[nH]c1=O. The lowest BCUT2D eigenvalue weighted by Gasteiger charge is -2.16. The van der Waals surface area contributed by atoms with Crippen LogP contribution in [0.25, 0.3) is 0 Å². The van der Waals surface area contributed by atoms with Crippen molar-refractivity contribution >= 4 is 5.91 Å². The fourth-order valence-corrected chi connectivity index (χ4v) is 2.06. The van der Waals surface area contributed by atoms with E-state index in [-0.39, 0.29) is 5.56 Å². The molecule has 4 atom stereocenters. The molecule has 1 amide bonds. The third kappa shape index (κ3) is 2.25. The van der Waals surface area contributed by atoms with Gasteiger partial charge in [-0.1, -0.05) is 6.92 Å². The quantitative estimate of drug-likeness (QED) is 0.603. The van der Waals surface area contributed by atoms with Crippen LogP contribution in [-0.4, -0.2) is 38.9 Å². The Morgan fingerprint density at radius 3 is 2.75 bits per heavy atom. The number of alkyl halides is 1. The number of nitrogens with one attached hydrogen (secondary N) is 1. The van der Waals surface area contributed by atoms with Crippen LogP contribution in [0.5, 0.6) is 0 Å². The number of hydrogen-bond acceptors (Lipinski definition) is 5. The maximum Gasteiger partial charge on any atom is 0.330 e. The molecule has 9 heteroatoms. The van der Waals surface area contributed by atoms with Gasteiger partial charge in [0.2, 0.25) is 5.91 Å². The summed E-state index contributed by atoms with van der Waals surface area (Å²) in [7, 11) is 0. The highest BCUT2D eigenvalue weighted by Gasteiger charge is 2.48. The summed E-state index contributed by atoms with van der Waals surface area (Å²) in [5.74, 6) is -1.03. The van der Waals surface area contributed by atoms with E-state index in [1.54, 1.807) is 6.92 Å². The summed E-state index contributed by atoms with van der Waals surface area (Å²) >= 11 is 0. The molecular formula is C11H14FN3O5. The molecule has 2 heterocycles. The van der Waals surface area contributed by atoms with Gasteiger partial charge in [0.25, 0.3) is 5.56 Å². The summed E-state index contributed by atoms with van der Waals surface area (Å²) in [6.07, 6.45) is -5.37. The number of amides is 1. The van der Waals surface area contributed by atoms with Gasteiger partial charge in [-0.25, -0.2) is 9.18 Å². The number of nitrogens with two attached hydrogens (primary N) is 1. The van der Waals surface area contributed by atoms with Crippen molar-refractivity contribution in [3.8, 4) is 0 Å². The molecule has 4 N–H and O–H groups in total. The second-order valence-electron chi connectivity index (χ2n) is 4.46. The summed E-state index contributed by atoms with van der Waals surface area (Å²) in [4.78, 5) is 36.2. The lowest BCUT2D eigenvalue weighted by Crippen LogP contribution is -2.38. The van der Waals surface area contributed by atoms with Gasteiger partial charge in [-0.2, -0.15) is 0 Å². The van der Waals surface area contributed by atoms with Crippen molar-refractivity contribution in [2.24, 2.45) is 5.73 Å². The molecule has 110 valence electrons. The first kappa shape index (κ1) is 14.4. The largest absolute Gasteiger partial charge is 0.387 e. The standard InChI is InChI=1S/C11H14FN3O5/c1-2-4-3-15(11(19)14-9(4)18)10-5(12)6(16)7(20-10)8(13)17/h3,5-7,10,16H,2H2,1H3,(H2,13,17)(H,14,18,19)/t5-,6-,7-,10+/m0/s1. The smallest absolute Gasteiger partial charge is 0.330 e. The number of H-pyrrole nitrogens is 1. The normalized spacial score (nSPS) is 29.6. The van der Waals surface area contributed by atoms with Crippen molar-refractivity contribution in [2.45, 2.75) is 38.0 Å². The number of aliphatic hydroxyl groups excluding tert-OH is 1. The number of primary amides is 1. The van der Waals surface area contributed by atoms with Crippen LogP contribution in [0.2, 0.25) is 0 Å². The van der Waals surface area contributed by atoms with Crippen LogP contribution in [-0.2, 0) is 16.0 Å². The number of carbonyl (C=O) groups is 1. The number of rotatable bonds is 3. The predicted octanol–water partition coefficient (Wildman–Crippen LogP) is -1.82. The molecule has 0 aliphatic carbocycles. The maximum absolute atomic E-state index is 14.0. The van der Waals surface area contributed by atoms with Crippen molar-refractivity contribution in [1.82, 2.24) is 9.55 Å². The van der Waals surface area contributed by atoms with Crippen molar-refractivity contribution in [3.05, 3.63) is 32.6 Å². The third-order valence-corrected chi connectivity index (χ3v) is 3.17. The number of hydrogen-bond donors (Lipinski definition) is 3. The monoisotopic (exact) mass is 287 g/mol. The van der Waals surface area contributed by atoms with E-state index in [0.29, 0.717) is 6.42 Å². The number of nitrogens with zero attached hydrogens (tertiary/aromatic N) is 1. The highest BCUT2D eigenvalue weighted by Crippen LogP contribution is 2.30. The Labute approximate surface area is 112 Å². The molecule has 8 nitrogen and oxygen atoms in total. The van der Waals surface area contributed by atoms with Gasteiger partial charge in [-0.15, -0.1) is 0 Å². The molecular weight excluding hydrogens is 273 g/mol. The molecule has 0 spiro atoms. The number of halogens is 1. The average molecular weight is 287 g/mol. The molecule has 1 aliphatic heterocycles. The van der Waals surface area contributed by atoms with E-state index in [0.717, 1.165) is 10.8 Å². The number of carbonyl (C=O) groups excluding carboxylic acids is 1. The first-order valence-corrected chi connectivity index (χ1v) is 5.98. The Morgan fingerprint density at radius 2 is 2.25 bits per heavy atom. The Morgan fingerprint density at radius 1 is 1.60 bits per heavy atom. The van der Waals surface area contributed by atoms with E-state index in [1.807, 2.05) is 4.98 Å². The van der Waals surface area contributed by atoms with E-state index in [9.17, 15) is 23.9 Å². The predicted molar refractivity (Wildman–Crippen MR) is 64.7 cm³/mol. The number of aryl methyl sites for hydroxylation is 1. The molecule has 1 aromatic heterocycles. The van der Waals surface area contributed by atoms with Gasteiger partial charge >= 0.3 is 5.69 Å². The number of ether oxygens (including phenoxy) is 1. The fraction of sp³-hybridized carbons (Fsp3) is 0.545. The zero-order chi connectivity index (χ0) is 15.0. The Kier molecular flexibility index (Phi) is 3.73. The lowest BCUT2D eigenvalue weighted by molar-refractivity contribution is -0.134. The highest BCUT2D eigenvalue weighted by atomic mass is 19.1. The third-order valence-electron chi connectivity index (χ3n) is 3.17. The molecule has 0 radical (unpaired) electrons. The van der Waals surface area contributed by atoms with E-state index in [4.69, 9.17) is 10.5 Å². The van der Waals surface area contributed by atoms with Gasteiger partial charge in [-0.05, 0) is 6.42 Å². The molecule has 0 bridgehead atoms. The molecule has 1 aromatic rings. The number of aliphatic hydroxyl groups is 1. The van der Waals surface area contributed by atoms with E-state index >= 15 is 0 Å². The summed E-state index contributed by atoms with van der Waals surface area (Å²) in [6.45, 7) is 1.68. The fourth-order valence-electron chi connectivity index (χ4n) is 2.06. The molecule has 0 saturated carbocycles. The van der Waals surface area contributed by atoms with Gasteiger partial charge in [0.05, 0.1) is 0 Å². The molecule has 1 saturated heterocycles. The lowest BCUT2D eigenvalue weighted by atomic mass is 10.1. The molecule has 1 aliphatic rings. The second-order valence-corrected chi connectivity index (χ2v) is 4.46. The van der Waals surface area contributed by atoms with E-state index in [2.05, 4.69) is 0 Å².